The van der Waals surface area contributed by atoms with Crippen molar-refractivity contribution in [2.75, 3.05) is 19.7 Å². The molecule has 50 valence electrons. The summed E-state index contributed by atoms with van der Waals surface area (Å²) in [6.45, 7) is 5.37. The van der Waals surface area contributed by atoms with Crippen molar-refractivity contribution in [1.29, 1.82) is 0 Å². The monoisotopic (exact) mass is 133 g/mol. The Morgan fingerprint density at radius 3 is 1.88 bits per heavy atom. The van der Waals surface area contributed by atoms with Crippen molar-refractivity contribution in [1.82, 2.24) is 5.32 Å². The lowest BCUT2D eigenvalue weighted by molar-refractivity contribution is 0.375. The Labute approximate surface area is 54.2 Å². The number of nitrogens with one attached hydrogen (secondary N) is 1. The molecule has 8 heavy (non-hydrogen) atoms. The molecule has 0 unspecified atom stereocenters. The molecule has 0 aromatic carbocycles. The van der Waals surface area contributed by atoms with E-state index in [2.05, 4.69) is 9.74 Å². The number of hydrogen-bond acceptors (Lipinski definition) is 2. The van der Waals surface area contributed by atoms with E-state index in [0.717, 1.165) is 17.1 Å². The minimum atomic E-state index is 0.881. The minimum absolute atomic E-state index is 0.881. The Balaban J connectivity index is 0.000000122. The van der Waals surface area contributed by atoms with E-state index in [-0.39, 0.29) is 0 Å². The smallest absolute Gasteiger partial charge is 0.145 e. The topological polar surface area (TPSA) is 21.3 Å². The number of hydrogen-bond donors (Lipinski definition) is 1. The van der Waals surface area contributed by atoms with Crippen LogP contribution in [0.25, 0.3) is 0 Å². The molecule has 0 atom stereocenters. The maximum absolute atomic E-state index is 4.68. The van der Waals surface area contributed by atoms with Gasteiger partial charge < -0.3 is 9.74 Å². The summed E-state index contributed by atoms with van der Waals surface area (Å²) in [5.74, 6) is 0. The van der Waals surface area contributed by atoms with Gasteiger partial charge in [0.2, 0.25) is 0 Å². The third-order valence-corrected chi connectivity index (χ3v) is 1.57. The molecule has 1 N–H and O–H groups in total. The first-order valence-electron chi connectivity index (χ1n) is 3.11. The van der Waals surface area contributed by atoms with Crippen molar-refractivity contribution < 1.29 is 4.43 Å². The van der Waals surface area contributed by atoms with Crippen molar-refractivity contribution in [3.05, 3.63) is 0 Å². The molecule has 0 amide bonds. The van der Waals surface area contributed by atoms with Crippen LogP contribution in [0.5, 0.6) is 0 Å². The molecule has 0 aromatic rings. The van der Waals surface area contributed by atoms with E-state index in [1.807, 2.05) is 6.92 Å². The van der Waals surface area contributed by atoms with Crippen LogP contribution < -0.4 is 5.32 Å². The summed E-state index contributed by atoms with van der Waals surface area (Å²) in [5.41, 5.74) is 0. The van der Waals surface area contributed by atoms with Crippen molar-refractivity contribution >= 4 is 10.5 Å². The lowest BCUT2D eigenvalue weighted by Crippen LogP contribution is -2.29. The van der Waals surface area contributed by atoms with E-state index in [9.17, 15) is 0 Å². The molecule has 1 rings (SSSR count). The minimum Gasteiger partial charge on any atom is -0.428 e. The molecule has 1 aliphatic heterocycles. The van der Waals surface area contributed by atoms with E-state index in [4.69, 9.17) is 0 Å². The summed E-state index contributed by atoms with van der Waals surface area (Å²) < 4.78 is 4.68. The first kappa shape index (κ1) is 8.14. The molecule has 1 aliphatic rings. The predicted octanol–water partition coefficient (Wildman–Crippen LogP) is -0.717. The summed E-state index contributed by atoms with van der Waals surface area (Å²) in [7, 11) is 0.890. The predicted molar refractivity (Wildman–Crippen MR) is 39.1 cm³/mol. The van der Waals surface area contributed by atoms with E-state index in [0.29, 0.717) is 0 Å². The summed E-state index contributed by atoms with van der Waals surface area (Å²) in [6, 6.07) is 0. The van der Waals surface area contributed by atoms with Gasteiger partial charge in [-0.15, -0.1) is 0 Å². The molecule has 0 bridgehead atoms. The van der Waals surface area contributed by atoms with Gasteiger partial charge in [0.15, 0.2) is 0 Å². The Hall–Kier alpha value is 0.137. The Morgan fingerprint density at radius 2 is 1.88 bits per heavy atom. The fourth-order valence-corrected chi connectivity index (χ4v) is 0.177. The fraction of sp³-hybridized carbons (Fsp3) is 1.00. The van der Waals surface area contributed by atoms with Gasteiger partial charge in [0, 0.05) is 6.61 Å². The average molecular weight is 133 g/mol. The van der Waals surface area contributed by atoms with Crippen LogP contribution >= 0.6 is 0 Å². The zero-order chi connectivity index (χ0) is 6.24. The third-order valence-electron chi connectivity index (χ3n) is 0.996. The third kappa shape index (κ3) is 6.14. The molecule has 3 heteroatoms. The first-order valence-corrected chi connectivity index (χ1v) is 3.93. The Kier molecular flexibility index (Phi) is 7.26. The fourth-order valence-electron chi connectivity index (χ4n) is 0.177. The van der Waals surface area contributed by atoms with Gasteiger partial charge in [0.1, 0.15) is 10.5 Å². The Morgan fingerprint density at radius 1 is 1.62 bits per heavy atom. The summed E-state index contributed by atoms with van der Waals surface area (Å²) >= 11 is 0. The van der Waals surface area contributed by atoms with Gasteiger partial charge in [0.05, 0.1) is 0 Å². The second-order valence-electron chi connectivity index (χ2n) is 1.68. The van der Waals surface area contributed by atoms with Gasteiger partial charge in [-0.2, -0.15) is 0 Å². The highest BCUT2D eigenvalue weighted by Crippen LogP contribution is 1.80. The van der Waals surface area contributed by atoms with Crippen molar-refractivity contribution in [3.8, 4) is 0 Å². The lowest BCUT2D eigenvalue weighted by atomic mass is 10.3. The quantitative estimate of drug-likeness (QED) is 0.477. The van der Waals surface area contributed by atoms with E-state index in [1.54, 1.807) is 0 Å². The molecule has 0 saturated carbocycles. The van der Waals surface area contributed by atoms with Crippen molar-refractivity contribution in [2.24, 2.45) is 0 Å². The average Bonchev–Trinajstić information content (AvgIpc) is 1.61. The maximum atomic E-state index is 4.68. The van der Waals surface area contributed by atoms with Gasteiger partial charge in [-0.25, -0.2) is 0 Å². The normalized spacial score (nSPS) is 16.1. The van der Waals surface area contributed by atoms with Crippen LogP contribution in [0.15, 0.2) is 0 Å². The van der Waals surface area contributed by atoms with Crippen LogP contribution in [0.4, 0.5) is 0 Å². The highest BCUT2D eigenvalue weighted by atomic mass is 28.2. The van der Waals surface area contributed by atoms with Gasteiger partial charge in [-0.1, -0.05) is 0 Å². The van der Waals surface area contributed by atoms with Crippen LogP contribution in [0, 0.1) is 0 Å². The second kappa shape index (κ2) is 7.14. The summed E-state index contributed by atoms with van der Waals surface area (Å²) in [4.78, 5) is 0. The highest BCUT2D eigenvalue weighted by Gasteiger charge is 1.92. The zero-order valence-corrected chi connectivity index (χ0v) is 7.74. The molecule has 1 heterocycles. The molecule has 1 saturated heterocycles. The molecule has 0 aliphatic carbocycles. The first-order chi connectivity index (χ1) is 3.91. The van der Waals surface area contributed by atoms with E-state index < -0.39 is 0 Å². The second-order valence-corrected chi connectivity index (χ2v) is 2.26. The molecular formula is C5H15NOSi. The van der Waals surface area contributed by atoms with Gasteiger partial charge >= 0.3 is 0 Å². The van der Waals surface area contributed by atoms with Gasteiger partial charge in [-0.3, -0.25) is 0 Å². The van der Waals surface area contributed by atoms with Crippen molar-refractivity contribution in [2.45, 2.75) is 13.3 Å². The molecule has 0 aromatic heterocycles. The largest absolute Gasteiger partial charge is 0.428 e. The number of rotatable bonds is 1. The zero-order valence-electron chi connectivity index (χ0n) is 5.74. The van der Waals surface area contributed by atoms with Gasteiger partial charge in [0.25, 0.3) is 0 Å². The molecule has 1 fully saturated rings. The molecular weight excluding hydrogens is 118 g/mol. The lowest BCUT2D eigenvalue weighted by Gasteiger charge is -2.09. The maximum Gasteiger partial charge on any atom is 0.145 e. The van der Waals surface area contributed by atoms with Crippen molar-refractivity contribution in [3.63, 3.8) is 0 Å². The van der Waals surface area contributed by atoms with E-state index >= 15 is 0 Å². The standard InChI is InChI=1S/C3H7N.C2H8OSi/c1-2-4-3-1;1-2-3-4/h4H,1-3H2;2H2,1,4H3. The van der Waals surface area contributed by atoms with Crippen LogP contribution in [-0.2, 0) is 4.43 Å². The van der Waals surface area contributed by atoms with E-state index in [1.165, 1.54) is 19.5 Å². The highest BCUT2D eigenvalue weighted by molar-refractivity contribution is 5.97. The molecule has 0 radical (unpaired) electrons. The van der Waals surface area contributed by atoms with Crippen LogP contribution in [0.1, 0.15) is 13.3 Å². The van der Waals surface area contributed by atoms with Crippen LogP contribution in [0.3, 0.4) is 0 Å². The molecule has 0 spiro atoms. The summed E-state index contributed by atoms with van der Waals surface area (Å²) in [6.07, 6.45) is 1.39. The van der Waals surface area contributed by atoms with Gasteiger partial charge in [-0.05, 0) is 26.4 Å². The Bertz CT molecular complexity index is 33.4. The SMILES string of the molecule is C1CNC1.CCO[SiH3]. The molecule has 2 nitrogen and oxygen atoms in total. The van der Waals surface area contributed by atoms with Crippen LogP contribution in [-0.4, -0.2) is 30.2 Å². The summed E-state index contributed by atoms with van der Waals surface area (Å²) in [5, 5.41) is 3.11. The van der Waals surface area contributed by atoms with Crippen LogP contribution in [0.2, 0.25) is 0 Å².